The summed E-state index contributed by atoms with van der Waals surface area (Å²) in [6.45, 7) is 0.506. The average Bonchev–Trinajstić information content (AvgIpc) is 2.71. The van der Waals surface area contributed by atoms with Gasteiger partial charge in [0.05, 0.1) is 13.3 Å². The first-order chi connectivity index (χ1) is 13.2. The van der Waals surface area contributed by atoms with Gasteiger partial charge in [-0.15, -0.1) is 0 Å². The zero-order valence-electron chi connectivity index (χ0n) is 15.8. The molecular formula is C22H25NO4. The molecule has 2 aromatic carbocycles. The van der Waals surface area contributed by atoms with Gasteiger partial charge >= 0.3 is 5.97 Å². The molecule has 5 nitrogen and oxygen atoms in total. The van der Waals surface area contributed by atoms with Gasteiger partial charge in [-0.05, 0) is 59.6 Å². The number of carbonyl (C=O) groups excluding carboxylic acids is 1. The predicted molar refractivity (Wildman–Crippen MR) is 104 cm³/mol. The molecular weight excluding hydrogens is 342 g/mol. The summed E-state index contributed by atoms with van der Waals surface area (Å²) in [4.78, 5) is 16.2. The van der Waals surface area contributed by atoms with E-state index in [2.05, 4.69) is 22.1 Å². The van der Waals surface area contributed by atoms with Crippen molar-refractivity contribution in [1.82, 2.24) is 0 Å². The molecule has 1 atom stereocenters. The van der Waals surface area contributed by atoms with Crippen LogP contribution in [0.4, 0.5) is 0 Å². The highest BCUT2D eigenvalue weighted by atomic mass is 16.6. The summed E-state index contributed by atoms with van der Waals surface area (Å²) < 4.78 is 10.8. The van der Waals surface area contributed by atoms with E-state index in [0.717, 1.165) is 36.1 Å². The molecule has 0 radical (unpaired) electrons. The van der Waals surface area contributed by atoms with Gasteiger partial charge in [0, 0.05) is 6.42 Å². The molecule has 0 heterocycles. The Bertz CT molecular complexity index is 798. The van der Waals surface area contributed by atoms with E-state index in [1.165, 1.54) is 25.3 Å². The lowest BCUT2D eigenvalue weighted by Gasteiger charge is -2.24. The third kappa shape index (κ3) is 5.33. The molecule has 27 heavy (non-hydrogen) atoms. The maximum atomic E-state index is 11.5. The maximum absolute atomic E-state index is 11.5. The minimum absolute atomic E-state index is 0.130. The van der Waals surface area contributed by atoms with Crippen LogP contribution < -0.4 is 4.74 Å². The fraction of sp³-hybridized carbons (Fsp3) is 0.364. The summed E-state index contributed by atoms with van der Waals surface area (Å²) in [5.41, 5.74) is 4.70. The number of oxime groups is 1. The Labute approximate surface area is 159 Å². The van der Waals surface area contributed by atoms with E-state index in [1.807, 2.05) is 30.3 Å². The van der Waals surface area contributed by atoms with E-state index in [9.17, 15) is 4.79 Å². The summed E-state index contributed by atoms with van der Waals surface area (Å²) in [6, 6.07) is 14.3. The number of fused-ring (bicyclic) bond motifs is 1. The molecule has 0 spiro atoms. The molecule has 0 aliphatic heterocycles. The predicted octanol–water partition coefficient (Wildman–Crippen LogP) is 3.91. The molecule has 1 aliphatic rings. The SMILES string of the molecule is CO/N=C/c1ccc(COc2ccc3c(c2)CC(CC(=O)OC)CC3)cc1. The van der Waals surface area contributed by atoms with Gasteiger partial charge in [-0.25, -0.2) is 0 Å². The van der Waals surface area contributed by atoms with E-state index in [0.29, 0.717) is 18.9 Å². The summed E-state index contributed by atoms with van der Waals surface area (Å²) >= 11 is 0. The van der Waals surface area contributed by atoms with Crippen molar-refractivity contribution in [2.75, 3.05) is 14.2 Å². The van der Waals surface area contributed by atoms with Crippen molar-refractivity contribution in [2.45, 2.75) is 32.3 Å². The summed E-state index contributed by atoms with van der Waals surface area (Å²) in [5.74, 6) is 1.08. The molecule has 5 heteroatoms. The third-order valence-electron chi connectivity index (χ3n) is 4.88. The van der Waals surface area contributed by atoms with E-state index in [-0.39, 0.29) is 5.97 Å². The number of benzene rings is 2. The van der Waals surface area contributed by atoms with Crippen LogP contribution in [0.25, 0.3) is 0 Å². The Hall–Kier alpha value is -2.82. The van der Waals surface area contributed by atoms with Crippen molar-refractivity contribution in [2.24, 2.45) is 11.1 Å². The molecule has 0 aromatic heterocycles. The van der Waals surface area contributed by atoms with Gasteiger partial charge in [0.15, 0.2) is 0 Å². The number of rotatable bonds is 7. The van der Waals surface area contributed by atoms with E-state index < -0.39 is 0 Å². The number of carbonyl (C=O) groups is 1. The van der Waals surface area contributed by atoms with Gasteiger partial charge in [-0.2, -0.15) is 0 Å². The number of esters is 1. The van der Waals surface area contributed by atoms with Gasteiger partial charge in [-0.1, -0.05) is 35.5 Å². The summed E-state index contributed by atoms with van der Waals surface area (Å²) in [6.07, 6.45) is 5.08. The Kier molecular flexibility index (Phi) is 6.47. The molecule has 2 aromatic rings. The lowest BCUT2D eigenvalue weighted by atomic mass is 9.82. The third-order valence-corrected chi connectivity index (χ3v) is 4.88. The molecule has 0 N–H and O–H groups in total. The normalized spacial score (nSPS) is 16.0. The Balaban J connectivity index is 1.59. The van der Waals surface area contributed by atoms with Crippen molar-refractivity contribution in [3.8, 4) is 5.75 Å². The topological polar surface area (TPSA) is 57.1 Å². The monoisotopic (exact) mass is 367 g/mol. The number of aryl methyl sites for hydroxylation is 1. The second kappa shape index (κ2) is 9.21. The van der Waals surface area contributed by atoms with Gasteiger partial charge in [-0.3, -0.25) is 4.79 Å². The number of methoxy groups -OCH3 is 1. The Morgan fingerprint density at radius 2 is 1.96 bits per heavy atom. The van der Waals surface area contributed by atoms with Crippen molar-refractivity contribution < 1.29 is 19.1 Å². The van der Waals surface area contributed by atoms with Crippen LogP contribution >= 0.6 is 0 Å². The molecule has 0 amide bonds. The quantitative estimate of drug-likeness (QED) is 0.423. The lowest BCUT2D eigenvalue weighted by molar-refractivity contribution is -0.141. The van der Waals surface area contributed by atoms with E-state index >= 15 is 0 Å². The zero-order chi connectivity index (χ0) is 19.1. The van der Waals surface area contributed by atoms with Crippen molar-refractivity contribution in [1.29, 1.82) is 0 Å². The lowest BCUT2D eigenvalue weighted by Crippen LogP contribution is -2.18. The fourth-order valence-corrected chi connectivity index (χ4v) is 3.37. The van der Waals surface area contributed by atoms with Crippen LogP contribution in [0.1, 0.15) is 35.1 Å². The molecule has 1 unspecified atom stereocenters. The Morgan fingerprint density at radius 1 is 1.15 bits per heavy atom. The molecule has 0 fully saturated rings. The fourth-order valence-electron chi connectivity index (χ4n) is 3.37. The smallest absolute Gasteiger partial charge is 0.305 e. The van der Waals surface area contributed by atoms with Crippen LogP contribution in [0.3, 0.4) is 0 Å². The molecule has 1 aliphatic carbocycles. The van der Waals surface area contributed by atoms with E-state index in [1.54, 1.807) is 6.21 Å². The van der Waals surface area contributed by atoms with Gasteiger partial charge < -0.3 is 14.3 Å². The van der Waals surface area contributed by atoms with Crippen LogP contribution in [0.15, 0.2) is 47.6 Å². The number of nitrogens with zero attached hydrogens (tertiary/aromatic N) is 1. The molecule has 0 bridgehead atoms. The minimum Gasteiger partial charge on any atom is -0.489 e. The van der Waals surface area contributed by atoms with Crippen LogP contribution in [-0.2, 0) is 33.8 Å². The largest absolute Gasteiger partial charge is 0.489 e. The standard InChI is InChI=1S/C22H25NO4/c1-25-22(24)12-18-7-8-19-9-10-21(13-20(19)11-18)27-15-17-5-3-16(4-6-17)14-23-26-2/h3-6,9-10,13-14,18H,7-8,11-12,15H2,1-2H3/b23-14+. The molecule has 3 rings (SSSR count). The average molecular weight is 367 g/mol. The van der Waals surface area contributed by atoms with Crippen molar-refractivity contribution in [3.63, 3.8) is 0 Å². The van der Waals surface area contributed by atoms with Gasteiger partial charge in [0.1, 0.15) is 19.5 Å². The first kappa shape index (κ1) is 19.0. The highest BCUT2D eigenvalue weighted by Crippen LogP contribution is 2.30. The van der Waals surface area contributed by atoms with Crippen LogP contribution in [0, 0.1) is 5.92 Å². The highest BCUT2D eigenvalue weighted by Gasteiger charge is 2.21. The Morgan fingerprint density at radius 3 is 2.70 bits per heavy atom. The molecule has 0 saturated heterocycles. The first-order valence-electron chi connectivity index (χ1n) is 9.15. The van der Waals surface area contributed by atoms with E-state index in [4.69, 9.17) is 9.47 Å². The second-order valence-electron chi connectivity index (χ2n) is 6.77. The number of ether oxygens (including phenoxy) is 2. The maximum Gasteiger partial charge on any atom is 0.305 e. The van der Waals surface area contributed by atoms with Crippen molar-refractivity contribution in [3.05, 3.63) is 64.7 Å². The van der Waals surface area contributed by atoms with Gasteiger partial charge in [0.25, 0.3) is 0 Å². The van der Waals surface area contributed by atoms with Crippen LogP contribution in [0.2, 0.25) is 0 Å². The number of hydrogen-bond donors (Lipinski definition) is 0. The zero-order valence-corrected chi connectivity index (χ0v) is 15.8. The minimum atomic E-state index is -0.130. The number of hydrogen-bond acceptors (Lipinski definition) is 5. The molecule has 0 saturated carbocycles. The summed E-state index contributed by atoms with van der Waals surface area (Å²) in [5, 5.41) is 3.75. The first-order valence-corrected chi connectivity index (χ1v) is 9.15. The summed E-state index contributed by atoms with van der Waals surface area (Å²) in [7, 11) is 2.97. The van der Waals surface area contributed by atoms with Crippen LogP contribution in [-0.4, -0.2) is 26.4 Å². The van der Waals surface area contributed by atoms with Gasteiger partial charge in [0.2, 0.25) is 0 Å². The molecule has 142 valence electrons. The second-order valence-corrected chi connectivity index (χ2v) is 6.77. The van der Waals surface area contributed by atoms with Crippen molar-refractivity contribution >= 4 is 12.2 Å². The van der Waals surface area contributed by atoms with Crippen LogP contribution in [0.5, 0.6) is 5.75 Å². The highest BCUT2D eigenvalue weighted by molar-refractivity contribution is 5.79.